The fraction of sp³-hybridized carbons (Fsp3) is 0.300. The molecule has 0 unspecified atom stereocenters. The summed E-state index contributed by atoms with van der Waals surface area (Å²) < 4.78 is 5.52. The number of rotatable bonds is 6. The zero-order valence-corrected chi connectivity index (χ0v) is 14.1. The molecule has 1 fully saturated rings. The second-order valence-corrected chi connectivity index (χ2v) is 6.04. The van der Waals surface area contributed by atoms with Crippen LogP contribution in [-0.4, -0.2) is 36.4 Å². The van der Waals surface area contributed by atoms with Crippen LogP contribution in [0.1, 0.15) is 29.6 Å². The molecular weight excluding hydrogens is 316 g/mol. The first-order valence-corrected chi connectivity index (χ1v) is 8.59. The quantitative estimate of drug-likeness (QED) is 0.879. The van der Waals surface area contributed by atoms with Crippen LogP contribution in [-0.2, 0) is 4.79 Å². The van der Waals surface area contributed by atoms with Crippen molar-refractivity contribution in [2.75, 3.05) is 25.0 Å². The molecule has 3 rings (SSSR count). The zero-order valence-electron chi connectivity index (χ0n) is 14.1. The number of carbonyl (C=O) groups excluding carboxylic acids is 2. The molecule has 0 aliphatic carbocycles. The molecule has 5 heteroatoms. The number of likely N-dealkylation sites (tertiary alicyclic amines) is 1. The summed E-state index contributed by atoms with van der Waals surface area (Å²) >= 11 is 0. The maximum Gasteiger partial charge on any atom is 0.253 e. The molecule has 0 spiro atoms. The summed E-state index contributed by atoms with van der Waals surface area (Å²) in [6.45, 7) is 1.93. The van der Waals surface area contributed by atoms with Crippen LogP contribution in [0.2, 0.25) is 0 Å². The van der Waals surface area contributed by atoms with Crippen LogP contribution >= 0.6 is 0 Å². The first-order chi connectivity index (χ1) is 12.2. The smallest absolute Gasteiger partial charge is 0.253 e. The third-order valence-corrected chi connectivity index (χ3v) is 4.13. The summed E-state index contributed by atoms with van der Waals surface area (Å²) in [4.78, 5) is 26.3. The van der Waals surface area contributed by atoms with Crippen LogP contribution in [0.4, 0.5) is 5.69 Å². The number of para-hydroxylation sites is 1. The van der Waals surface area contributed by atoms with E-state index in [0.717, 1.165) is 31.7 Å². The van der Waals surface area contributed by atoms with Crippen LogP contribution in [0.5, 0.6) is 5.75 Å². The normalized spacial score (nSPS) is 13.5. The van der Waals surface area contributed by atoms with Crippen molar-refractivity contribution >= 4 is 17.5 Å². The zero-order chi connectivity index (χ0) is 17.5. The van der Waals surface area contributed by atoms with E-state index in [-0.39, 0.29) is 18.2 Å². The predicted octanol–water partition coefficient (Wildman–Crippen LogP) is 3.33. The van der Waals surface area contributed by atoms with Gasteiger partial charge in [0.05, 0.1) is 13.0 Å². The van der Waals surface area contributed by atoms with Gasteiger partial charge in [-0.05, 0) is 43.2 Å². The number of ether oxygens (including phenoxy) is 1. The molecule has 1 heterocycles. The van der Waals surface area contributed by atoms with E-state index in [0.29, 0.717) is 17.9 Å². The molecule has 1 aliphatic heterocycles. The summed E-state index contributed by atoms with van der Waals surface area (Å²) in [5.74, 6) is 0.635. The third kappa shape index (κ3) is 4.83. The number of benzene rings is 2. The molecule has 1 saturated heterocycles. The van der Waals surface area contributed by atoms with Crippen LogP contribution in [0.15, 0.2) is 54.6 Å². The highest BCUT2D eigenvalue weighted by Gasteiger charge is 2.19. The van der Waals surface area contributed by atoms with Gasteiger partial charge in [-0.15, -0.1) is 0 Å². The summed E-state index contributed by atoms with van der Waals surface area (Å²) in [7, 11) is 0. The molecule has 2 aromatic rings. The lowest BCUT2D eigenvalue weighted by molar-refractivity contribution is -0.116. The van der Waals surface area contributed by atoms with Crippen molar-refractivity contribution in [1.82, 2.24) is 4.90 Å². The second-order valence-electron chi connectivity index (χ2n) is 6.04. The van der Waals surface area contributed by atoms with Crippen molar-refractivity contribution in [3.05, 3.63) is 60.2 Å². The third-order valence-electron chi connectivity index (χ3n) is 4.13. The fourth-order valence-corrected chi connectivity index (χ4v) is 2.83. The van der Waals surface area contributed by atoms with Gasteiger partial charge >= 0.3 is 0 Å². The van der Waals surface area contributed by atoms with Crippen molar-refractivity contribution < 1.29 is 14.3 Å². The van der Waals surface area contributed by atoms with E-state index >= 15 is 0 Å². The number of anilines is 1. The number of hydrogen-bond acceptors (Lipinski definition) is 3. The first-order valence-electron chi connectivity index (χ1n) is 8.59. The maximum atomic E-state index is 12.4. The van der Waals surface area contributed by atoms with Gasteiger partial charge in [0.1, 0.15) is 5.75 Å². The van der Waals surface area contributed by atoms with E-state index in [2.05, 4.69) is 5.32 Å². The van der Waals surface area contributed by atoms with Crippen LogP contribution < -0.4 is 10.1 Å². The Morgan fingerprint density at radius 3 is 2.52 bits per heavy atom. The van der Waals surface area contributed by atoms with Gasteiger partial charge in [-0.25, -0.2) is 0 Å². The molecule has 0 aromatic heterocycles. The highest BCUT2D eigenvalue weighted by Crippen LogP contribution is 2.16. The highest BCUT2D eigenvalue weighted by atomic mass is 16.5. The summed E-state index contributed by atoms with van der Waals surface area (Å²) in [5, 5.41) is 2.82. The van der Waals surface area contributed by atoms with Crippen LogP contribution in [0.25, 0.3) is 0 Å². The van der Waals surface area contributed by atoms with E-state index in [1.54, 1.807) is 24.3 Å². The highest BCUT2D eigenvalue weighted by molar-refractivity contribution is 5.97. The number of nitrogens with zero attached hydrogens (tertiary/aromatic N) is 1. The Bertz CT molecular complexity index is 725. The van der Waals surface area contributed by atoms with Crippen molar-refractivity contribution in [2.45, 2.75) is 19.3 Å². The summed E-state index contributed by atoms with van der Waals surface area (Å²) in [6, 6.07) is 16.5. The Hall–Kier alpha value is -2.82. The Labute approximate surface area is 147 Å². The monoisotopic (exact) mass is 338 g/mol. The van der Waals surface area contributed by atoms with E-state index in [1.807, 2.05) is 35.2 Å². The van der Waals surface area contributed by atoms with E-state index < -0.39 is 0 Å². The molecule has 130 valence electrons. The predicted molar refractivity (Wildman–Crippen MR) is 96.8 cm³/mol. The number of hydrogen-bond donors (Lipinski definition) is 1. The van der Waals surface area contributed by atoms with Gasteiger partial charge in [-0.1, -0.05) is 24.3 Å². The fourth-order valence-electron chi connectivity index (χ4n) is 2.83. The molecule has 5 nitrogen and oxygen atoms in total. The van der Waals surface area contributed by atoms with Crippen LogP contribution in [0.3, 0.4) is 0 Å². The van der Waals surface area contributed by atoms with E-state index in [1.165, 1.54) is 0 Å². The van der Waals surface area contributed by atoms with E-state index in [4.69, 9.17) is 4.74 Å². The number of nitrogens with one attached hydrogen (secondary N) is 1. The average Bonchev–Trinajstić information content (AvgIpc) is 3.17. The Balaban J connectivity index is 1.51. The standard InChI is InChI=1S/C20H22N2O3/c23-19(11-14-25-18-9-2-1-3-10-18)21-17-8-6-7-16(15-17)20(24)22-12-4-5-13-22/h1-3,6-10,15H,4-5,11-14H2,(H,21,23). The summed E-state index contributed by atoms with van der Waals surface area (Å²) in [6.07, 6.45) is 2.37. The SMILES string of the molecule is O=C(CCOc1ccccc1)Nc1cccc(C(=O)N2CCCC2)c1. The largest absolute Gasteiger partial charge is 0.493 e. The molecule has 25 heavy (non-hydrogen) atoms. The second kappa shape index (κ2) is 8.33. The molecule has 2 aromatic carbocycles. The van der Waals surface area contributed by atoms with Crippen LogP contribution in [0, 0.1) is 0 Å². The van der Waals surface area contributed by atoms with Gasteiger partial charge < -0.3 is 15.0 Å². The minimum absolute atomic E-state index is 0.0287. The molecule has 1 N–H and O–H groups in total. The van der Waals surface area contributed by atoms with Crippen molar-refractivity contribution in [2.24, 2.45) is 0 Å². The van der Waals surface area contributed by atoms with Gasteiger partial charge in [0.15, 0.2) is 0 Å². The molecule has 1 aliphatic rings. The Morgan fingerprint density at radius 1 is 1.00 bits per heavy atom. The van der Waals surface area contributed by atoms with Gasteiger partial charge in [0.2, 0.25) is 5.91 Å². The van der Waals surface area contributed by atoms with Gasteiger partial charge in [0, 0.05) is 24.3 Å². The molecule has 0 atom stereocenters. The molecule has 0 radical (unpaired) electrons. The average molecular weight is 338 g/mol. The maximum absolute atomic E-state index is 12.4. The van der Waals surface area contributed by atoms with E-state index in [9.17, 15) is 9.59 Å². The van der Waals surface area contributed by atoms with Crippen molar-refractivity contribution in [3.8, 4) is 5.75 Å². The molecule has 0 bridgehead atoms. The number of carbonyl (C=O) groups is 2. The van der Waals surface area contributed by atoms with Crippen molar-refractivity contribution in [3.63, 3.8) is 0 Å². The van der Waals surface area contributed by atoms with Gasteiger partial charge in [-0.3, -0.25) is 9.59 Å². The first kappa shape index (κ1) is 17.0. The Morgan fingerprint density at radius 2 is 1.76 bits per heavy atom. The lowest BCUT2D eigenvalue weighted by Crippen LogP contribution is -2.27. The minimum Gasteiger partial charge on any atom is -0.493 e. The minimum atomic E-state index is -0.137. The lowest BCUT2D eigenvalue weighted by atomic mass is 10.1. The molecular formula is C20H22N2O3. The van der Waals surface area contributed by atoms with Crippen molar-refractivity contribution in [1.29, 1.82) is 0 Å². The lowest BCUT2D eigenvalue weighted by Gasteiger charge is -2.15. The van der Waals surface area contributed by atoms with Gasteiger partial charge in [0.25, 0.3) is 5.91 Å². The summed E-state index contributed by atoms with van der Waals surface area (Å²) in [5.41, 5.74) is 1.25. The molecule has 2 amide bonds. The van der Waals surface area contributed by atoms with Gasteiger partial charge in [-0.2, -0.15) is 0 Å². The number of amides is 2. The Kier molecular flexibility index (Phi) is 5.67. The topological polar surface area (TPSA) is 58.6 Å². The molecule has 0 saturated carbocycles.